The summed E-state index contributed by atoms with van der Waals surface area (Å²) < 4.78 is 36.5. The molecule has 0 aliphatic carbocycles. The molecule has 0 aromatic carbocycles. The second-order valence-corrected chi connectivity index (χ2v) is 5.86. The van der Waals surface area contributed by atoms with E-state index < -0.39 is 10.0 Å². The Kier molecular flexibility index (Phi) is 5.80. The number of sulfonamides is 1. The van der Waals surface area contributed by atoms with Crippen LogP contribution < -0.4 is 10.0 Å². The van der Waals surface area contributed by atoms with Crippen LogP contribution in [0.3, 0.4) is 0 Å². The second-order valence-electron chi connectivity index (χ2n) is 4.16. The second kappa shape index (κ2) is 6.89. The number of rotatable bonds is 8. The molecule has 0 radical (unpaired) electrons. The Morgan fingerprint density at radius 2 is 2.17 bits per heavy atom. The van der Waals surface area contributed by atoms with Gasteiger partial charge in [-0.3, -0.25) is 0 Å². The molecule has 6 nitrogen and oxygen atoms in total. The quantitative estimate of drug-likeness (QED) is 0.725. The zero-order chi connectivity index (χ0) is 13.6. The molecule has 7 heteroatoms. The Hall–Kier alpha value is -0.890. The van der Waals surface area contributed by atoms with E-state index in [1.165, 1.54) is 6.07 Å². The van der Waals surface area contributed by atoms with Crippen molar-refractivity contribution in [3.8, 4) is 0 Å². The van der Waals surface area contributed by atoms with E-state index in [0.717, 1.165) is 0 Å². The Morgan fingerprint density at radius 1 is 1.44 bits per heavy atom. The van der Waals surface area contributed by atoms with E-state index in [9.17, 15) is 8.42 Å². The van der Waals surface area contributed by atoms with Crippen LogP contribution in [0, 0.1) is 5.92 Å². The van der Waals surface area contributed by atoms with Gasteiger partial charge in [0.2, 0.25) is 5.09 Å². The van der Waals surface area contributed by atoms with Crippen LogP contribution in [0.2, 0.25) is 0 Å². The van der Waals surface area contributed by atoms with E-state index in [-0.39, 0.29) is 11.0 Å². The monoisotopic (exact) mass is 276 g/mol. The minimum atomic E-state index is -3.57. The largest absolute Gasteiger partial charge is 0.447 e. The molecule has 0 fully saturated rings. The summed E-state index contributed by atoms with van der Waals surface area (Å²) in [7, 11) is -0.221. The number of hydrogen-bond acceptors (Lipinski definition) is 5. The van der Waals surface area contributed by atoms with Crippen molar-refractivity contribution < 1.29 is 17.6 Å². The summed E-state index contributed by atoms with van der Waals surface area (Å²) in [6, 6.07) is 3.10. The highest BCUT2D eigenvalue weighted by Crippen LogP contribution is 2.13. The third kappa shape index (κ3) is 4.41. The summed E-state index contributed by atoms with van der Waals surface area (Å²) in [5.74, 6) is 0.694. The van der Waals surface area contributed by atoms with Crippen molar-refractivity contribution in [2.45, 2.75) is 18.6 Å². The molecule has 0 amide bonds. The lowest BCUT2D eigenvalue weighted by molar-refractivity contribution is 0.161. The van der Waals surface area contributed by atoms with Gasteiger partial charge >= 0.3 is 0 Å². The van der Waals surface area contributed by atoms with Gasteiger partial charge in [-0.2, -0.15) is 0 Å². The first-order valence-electron chi connectivity index (χ1n) is 5.71. The van der Waals surface area contributed by atoms with Gasteiger partial charge in [-0.15, -0.1) is 0 Å². The van der Waals surface area contributed by atoms with Gasteiger partial charge in [0.15, 0.2) is 0 Å². The van der Waals surface area contributed by atoms with Crippen LogP contribution in [0.25, 0.3) is 0 Å². The summed E-state index contributed by atoms with van der Waals surface area (Å²) in [5, 5.41) is 2.83. The Balaban J connectivity index is 2.62. The average molecular weight is 276 g/mol. The molecule has 0 aliphatic heterocycles. The number of furan rings is 1. The number of methoxy groups -OCH3 is 1. The molecule has 1 heterocycles. The fourth-order valence-electron chi connectivity index (χ4n) is 1.44. The topological polar surface area (TPSA) is 80.6 Å². The maximum atomic E-state index is 11.9. The van der Waals surface area contributed by atoms with Crippen molar-refractivity contribution in [1.29, 1.82) is 0 Å². The first kappa shape index (κ1) is 15.2. The molecule has 2 N–H and O–H groups in total. The van der Waals surface area contributed by atoms with E-state index in [1.54, 1.807) is 20.2 Å². The van der Waals surface area contributed by atoms with E-state index in [4.69, 9.17) is 9.15 Å². The van der Waals surface area contributed by atoms with Crippen LogP contribution >= 0.6 is 0 Å². The molecule has 0 aliphatic rings. The van der Waals surface area contributed by atoms with Crippen LogP contribution in [0.4, 0.5) is 0 Å². The van der Waals surface area contributed by atoms with Crippen LogP contribution in [-0.4, -0.2) is 35.7 Å². The first-order valence-corrected chi connectivity index (χ1v) is 7.20. The van der Waals surface area contributed by atoms with E-state index in [2.05, 4.69) is 10.0 Å². The molecular formula is C11H20N2O4S. The number of hydrogen-bond donors (Lipinski definition) is 2. The molecule has 1 aromatic rings. The normalized spacial score (nSPS) is 13.7. The van der Waals surface area contributed by atoms with Crippen molar-refractivity contribution >= 4 is 10.0 Å². The smallest absolute Gasteiger partial charge is 0.273 e. The maximum absolute atomic E-state index is 11.9. The highest BCUT2D eigenvalue weighted by atomic mass is 32.2. The predicted octanol–water partition coefficient (Wildman–Crippen LogP) is 0.560. The number of ether oxygens (including phenoxy) is 1. The van der Waals surface area contributed by atoms with E-state index in [1.807, 2.05) is 6.92 Å². The molecule has 1 unspecified atom stereocenters. The van der Waals surface area contributed by atoms with Gasteiger partial charge in [0.1, 0.15) is 5.76 Å². The summed E-state index contributed by atoms with van der Waals surface area (Å²) in [6.45, 7) is 3.22. The maximum Gasteiger partial charge on any atom is 0.273 e. The average Bonchev–Trinajstić information content (AvgIpc) is 2.77. The molecule has 1 rings (SSSR count). The van der Waals surface area contributed by atoms with Gasteiger partial charge < -0.3 is 14.5 Å². The van der Waals surface area contributed by atoms with Crippen LogP contribution in [0.5, 0.6) is 0 Å². The lowest BCUT2D eigenvalue weighted by atomic mass is 10.2. The van der Waals surface area contributed by atoms with Gasteiger partial charge in [0.25, 0.3) is 10.0 Å². The predicted molar refractivity (Wildman–Crippen MR) is 67.7 cm³/mol. The minimum Gasteiger partial charge on any atom is -0.447 e. The Bertz CT molecular complexity index is 455. The molecular weight excluding hydrogens is 256 g/mol. The fourth-order valence-corrected chi connectivity index (χ4v) is 2.55. The zero-order valence-electron chi connectivity index (χ0n) is 10.9. The highest BCUT2D eigenvalue weighted by Gasteiger charge is 2.19. The van der Waals surface area contributed by atoms with Crippen molar-refractivity contribution in [3.05, 3.63) is 17.9 Å². The lowest BCUT2D eigenvalue weighted by Crippen LogP contribution is -2.29. The molecule has 0 saturated carbocycles. The Morgan fingerprint density at radius 3 is 2.78 bits per heavy atom. The lowest BCUT2D eigenvalue weighted by Gasteiger charge is -2.10. The molecule has 1 atom stereocenters. The summed E-state index contributed by atoms with van der Waals surface area (Å²) in [5.41, 5.74) is 0. The van der Waals surface area contributed by atoms with Crippen LogP contribution in [-0.2, 0) is 21.3 Å². The molecule has 0 bridgehead atoms. The van der Waals surface area contributed by atoms with Gasteiger partial charge in [-0.25, -0.2) is 13.1 Å². The van der Waals surface area contributed by atoms with Crippen molar-refractivity contribution in [2.75, 3.05) is 27.3 Å². The summed E-state index contributed by atoms with van der Waals surface area (Å²) >= 11 is 0. The molecule has 0 saturated heterocycles. The van der Waals surface area contributed by atoms with Gasteiger partial charge in [-0.05, 0) is 25.1 Å². The molecule has 18 heavy (non-hydrogen) atoms. The zero-order valence-corrected chi connectivity index (χ0v) is 11.7. The van der Waals surface area contributed by atoms with Crippen molar-refractivity contribution in [2.24, 2.45) is 5.92 Å². The first-order chi connectivity index (χ1) is 8.49. The van der Waals surface area contributed by atoms with Gasteiger partial charge in [0.05, 0.1) is 6.54 Å². The third-order valence-electron chi connectivity index (χ3n) is 2.33. The van der Waals surface area contributed by atoms with Crippen molar-refractivity contribution in [3.63, 3.8) is 0 Å². The molecule has 1 aromatic heterocycles. The van der Waals surface area contributed by atoms with Gasteiger partial charge in [-0.1, -0.05) is 6.92 Å². The fraction of sp³-hybridized carbons (Fsp3) is 0.636. The van der Waals surface area contributed by atoms with Gasteiger partial charge in [0, 0.05) is 20.3 Å². The standard InChI is InChI=1S/C11H20N2O4S/c1-9(8-16-3)6-13-18(14,15)11-5-4-10(17-11)7-12-2/h4-5,9,12-13H,6-8H2,1-3H3. The highest BCUT2D eigenvalue weighted by molar-refractivity contribution is 7.89. The SMILES string of the molecule is CNCc1ccc(S(=O)(=O)NCC(C)COC)o1. The molecule has 0 spiro atoms. The third-order valence-corrected chi connectivity index (χ3v) is 3.62. The van der Waals surface area contributed by atoms with E-state index >= 15 is 0 Å². The van der Waals surface area contributed by atoms with E-state index in [0.29, 0.717) is 25.5 Å². The van der Waals surface area contributed by atoms with Crippen LogP contribution in [0.1, 0.15) is 12.7 Å². The molecule has 104 valence electrons. The minimum absolute atomic E-state index is 0.0580. The van der Waals surface area contributed by atoms with Crippen molar-refractivity contribution in [1.82, 2.24) is 10.0 Å². The Labute approximate surface area is 108 Å². The summed E-state index contributed by atoms with van der Waals surface area (Å²) in [4.78, 5) is 0. The summed E-state index contributed by atoms with van der Waals surface area (Å²) in [6.07, 6.45) is 0. The van der Waals surface area contributed by atoms with Crippen LogP contribution in [0.15, 0.2) is 21.6 Å². The number of nitrogens with one attached hydrogen (secondary N) is 2.